The van der Waals surface area contributed by atoms with E-state index in [4.69, 9.17) is 0 Å². The Morgan fingerprint density at radius 3 is 2.60 bits per heavy atom. The average Bonchev–Trinajstić information content (AvgIpc) is 3.01. The van der Waals surface area contributed by atoms with Gasteiger partial charge >= 0.3 is 0 Å². The number of thiophene rings is 1. The predicted octanol–water partition coefficient (Wildman–Crippen LogP) is 4.95. The second-order valence-corrected chi connectivity index (χ2v) is 5.96. The van der Waals surface area contributed by atoms with Crippen LogP contribution in [0.3, 0.4) is 0 Å². The number of hydrogen-bond acceptors (Lipinski definition) is 3. The fraction of sp³-hybridized carbons (Fsp3) is 0.353. The zero-order valence-corrected chi connectivity index (χ0v) is 12.9. The Hall–Kier alpha value is -1.61. The Bertz CT molecular complexity index is 531. The van der Waals surface area contributed by atoms with Crippen LogP contribution in [-0.4, -0.2) is 12.3 Å². The molecule has 0 radical (unpaired) electrons. The SMILES string of the molecule is CC[C@@H](C)c1ccc(NCCC(=O)c2cccs2)cc1. The maximum atomic E-state index is 11.8. The standard InChI is InChI=1S/C17H21NOS/c1-3-13(2)14-6-8-15(9-7-14)18-11-10-16(19)17-5-4-12-20-17/h4-9,12-13,18H,3,10-11H2,1-2H3/t13-/m1/s1. The van der Waals surface area contributed by atoms with Gasteiger partial charge in [0.25, 0.3) is 0 Å². The molecular formula is C17H21NOS. The Labute approximate surface area is 124 Å². The molecule has 1 atom stereocenters. The molecule has 1 aromatic carbocycles. The molecule has 0 aliphatic carbocycles. The number of anilines is 1. The third-order valence-electron chi connectivity index (χ3n) is 3.57. The molecule has 0 saturated carbocycles. The van der Waals surface area contributed by atoms with Crippen LogP contribution in [0.4, 0.5) is 5.69 Å². The van der Waals surface area contributed by atoms with E-state index in [0.717, 1.165) is 17.0 Å². The van der Waals surface area contributed by atoms with Crippen molar-refractivity contribution in [2.45, 2.75) is 32.6 Å². The minimum atomic E-state index is 0.212. The molecule has 20 heavy (non-hydrogen) atoms. The molecule has 0 spiro atoms. The molecule has 0 bridgehead atoms. The molecule has 2 rings (SSSR count). The Morgan fingerprint density at radius 1 is 1.25 bits per heavy atom. The van der Waals surface area contributed by atoms with Crippen LogP contribution in [0.2, 0.25) is 0 Å². The quantitative estimate of drug-likeness (QED) is 0.730. The average molecular weight is 287 g/mol. The van der Waals surface area contributed by atoms with Gasteiger partial charge < -0.3 is 5.32 Å². The minimum absolute atomic E-state index is 0.212. The predicted molar refractivity (Wildman–Crippen MR) is 86.9 cm³/mol. The highest BCUT2D eigenvalue weighted by atomic mass is 32.1. The Kier molecular flexibility index (Phi) is 5.36. The van der Waals surface area contributed by atoms with Crippen LogP contribution < -0.4 is 5.32 Å². The summed E-state index contributed by atoms with van der Waals surface area (Å²) in [7, 11) is 0. The van der Waals surface area contributed by atoms with E-state index in [1.165, 1.54) is 16.9 Å². The summed E-state index contributed by atoms with van der Waals surface area (Å²) in [5.74, 6) is 0.813. The lowest BCUT2D eigenvalue weighted by Crippen LogP contribution is -2.07. The highest BCUT2D eigenvalue weighted by Gasteiger charge is 2.06. The van der Waals surface area contributed by atoms with Gasteiger partial charge in [-0.1, -0.05) is 32.0 Å². The maximum Gasteiger partial charge on any atom is 0.174 e. The first kappa shape index (κ1) is 14.8. The van der Waals surface area contributed by atoms with Crippen molar-refractivity contribution in [2.24, 2.45) is 0 Å². The first-order valence-electron chi connectivity index (χ1n) is 7.11. The van der Waals surface area contributed by atoms with E-state index < -0.39 is 0 Å². The molecule has 3 heteroatoms. The van der Waals surface area contributed by atoms with Crippen molar-refractivity contribution in [1.29, 1.82) is 0 Å². The summed E-state index contributed by atoms with van der Waals surface area (Å²) in [6.45, 7) is 5.12. The van der Waals surface area contributed by atoms with Crippen molar-refractivity contribution >= 4 is 22.8 Å². The molecule has 0 aliphatic heterocycles. The van der Waals surface area contributed by atoms with Gasteiger partial charge in [0.1, 0.15) is 0 Å². The molecule has 0 amide bonds. The van der Waals surface area contributed by atoms with Crippen LogP contribution in [0.25, 0.3) is 0 Å². The first-order valence-corrected chi connectivity index (χ1v) is 7.99. The van der Waals surface area contributed by atoms with Crippen molar-refractivity contribution in [3.63, 3.8) is 0 Å². The van der Waals surface area contributed by atoms with Crippen LogP contribution >= 0.6 is 11.3 Å². The second kappa shape index (κ2) is 7.25. The van der Waals surface area contributed by atoms with Gasteiger partial charge in [-0.05, 0) is 41.5 Å². The third-order valence-corrected chi connectivity index (χ3v) is 4.48. The smallest absolute Gasteiger partial charge is 0.174 e. The van der Waals surface area contributed by atoms with E-state index in [9.17, 15) is 4.79 Å². The number of benzene rings is 1. The number of hydrogen-bond donors (Lipinski definition) is 1. The Morgan fingerprint density at radius 2 is 2.00 bits per heavy atom. The van der Waals surface area contributed by atoms with E-state index in [2.05, 4.69) is 43.4 Å². The number of carbonyl (C=O) groups excluding carboxylic acids is 1. The van der Waals surface area contributed by atoms with E-state index in [-0.39, 0.29) is 5.78 Å². The van der Waals surface area contributed by atoms with Crippen LogP contribution in [0.15, 0.2) is 41.8 Å². The zero-order valence-electron chi connectivity index (χ0n) is 12.1. The van der Waals surface area contributed by atoms with Gasteiger partial charge in [0.05, 0.1) is 4.88 Å². The highest BCUT2D eigenvalue weighted by molar-refractivity contribution is 7.12. The van der Waals surface area contributed by atoms with Gasteiger partial charge in [-0.2, -0.15) is 0 Å². The lowest BCUT2D eigenvalue weighted by Gasteiger charge is -2.10. The van der Waals surface area contributed by atoms with Crippen molar-refractivity contribution in [1.82, 2.24) is 0 Å². The van der Waals surface area contributed by atoms with Gasteiger partial charge in [-0.3, -0.25) is 4.79 Å². The fourth-order valence-electron chi connectivity index (χ4n) is 2.05. The van der Waals surface area contributed by atoms with E-state index in [0.29, 0.717) is 18.9 Å². The number of Topliss-reactive ketones (excluding diaryl/α,β-unsaturated/α-hetero) is 1. The van der Waals surface area contributed by atoms with Gasteiger partial charge in [0.2, 0.25) is 0 Å². The van der Waals surface area contributed by atoms with Crippen molar-refractivity contribution in [2.75, 3.05) is 11.9 Å². The van der Waals surface area contributed by atoms with Gasteiger partial charge in [-0.25, -0.2) is 0 Å². The van der Waals surface area contributed by atoms with E-state index in [1.54, 1.807) is 0 Å². The van der Waals surface area contributed by atoms with Gasteiger partial charge in [0, 0.05) is 18.7 Å². The normalized spacial score (nSPS) is 12.1. The van der Waals surface area contributed by atoms with Gasteiger partial charge in [0.15, 0.2) is 5.78 Å². The molecule has 1 N–H and O–H groups in total. The lowest BCUT2D eigenvalue weighted by molar-refractivity contribution is 0.0990. The summed E-state index contributed by atoms with van der Waals surface area (Å²) < 4.78 is 0. The summed E-state index contributed by atoms with van der Waals surface area (Å²) in [6.07, 6.45) is 1.69. The topological polar surface area (TPSA) is 29.1 Å². The summed E-state index contributed by atoms with van der Waals surface area (Å²) >= 11 is 1.51. The first-order chi connectivity index (χ1) is 9.70. The fourth-order valence-corrected chi connectivity index (χ4v) is 2.74. The largest absolute Gasteiger partial charge is 0.385 e. The molecular weight excluding hydrogens is 266 g/mol. The van der Waals surface area contributed by atoms with Crippen molar-refractivity contribution < 1.29 is 4.79 Å². The van der Waals surface area contributed by atoms with Crippen LogP contribution in [-0.2, 0) is 0 Å². The monoisotopic (exact) mass is 287 g/mol. The van der Waals surface area contributed by atoms with Crippen molar-refractivity contribution in [3.8, 4) is 0 Å². The second-order valence-electron chi connectivity index (χ2n) is 5.01. The van der Waals surface area contributed by atoms with Crippen molar-refractivity contribution in [3.05, 3.63) is 52.2 Å². The molecule has 0 fully saturated rings. The molecule has 2 nitrogen and oxygen atoms in total. The Balaban J connectivity index is 1.81. The molecule has 2 aromatic rings. The summed E-state index contributed by atoms with van der Waals surface area (Å²) in [6, 6.07) is 12.3. The molecule has 0 aliphatic rings. The number of rotatable bonds is 7. The van der Waals surface area contributed by atoms with Crippen LogP contribution in [0.5, 0.6) is 0 Å². The zero-order chi connectivity index (χ0) is 14.4. The summed E-state index contributed by atoms with van der Waals surface area (Å²) in [4.78, 5) is 12.7. The minimum Gasteiger partial charge on any atom is -0.385 e. The molecule has 1 heterocycles. The molecule has 1 aromatic heterocycles. The lowest BCUT2D eigenvalue weighted by atomic mass is 9.99. The molecule has 106 valence electrons. The van der Waals surface area contributed by atoms with E-state index >= 15 is 0 Å². The summed E-state index contributed by atoms with van der Waals surface area (Å²) in [5, 5.41) is 5.24. The molecule has 0 saturated heterocycles. The third kappa shape index (κ3) is 3.94. The van der Waals surface area contributed by atoms with Gasteiger partial charge in [-0.15, -0.1) is 11.3 Å². The van der Waals surface area contributed by atoms with E-state index in [1.807, 2.05) is 17.5 Å². The van der Waals surface area contributed by atoms with Crippen LogP contribution in [0.1, 0.15) is 47.8 Å². The summed E-state index contributed by atoms with van der Waals surface area (Å²) in [5.41, 5.74) is 2.45. The number of ketones is 1. The molecule has 0 unspecified atom stereocenters. The van der Waals surface area contributed by atoms with Crippen LogP contribution in [0, 0.1) is 0 Å². The number of nitrogens with one attached hydrogen (secondary N) is 1. The number of carbonyl (C=O) groups is 1. The highest BCUT2D eigenvalue weighted by Crippen LogP contribution is 2.20. The maximum absolute atomic E-state index is 11.8.